The highest BCUT2D eigenvalue weighted by Crippen LogP contribution is 2.21. The number of thiophene rings is 1. The van der Waals surface area contributed by atoms with Gasteiger partial charge in [-0.15, -0.1) is 11.3 Å². The molecule has 0 N–H and O–H groups in total. The highest BCUT2D eigenvalue weighted by atomic mass is 32.1. The normalized spacial score (nSPS) is 17.9. The number of carbonyl (C=O) groups excluding carboxylic acids is 2. The molecule has 0 bridgehead atoms. The molecule has 2 amide bonds. The van der Waals surface area contributed by atoms with Crippen LogP contribution in [0.2, 0.25) is 0 Å². The monoisotopic (exact) mass is 360 g/mol. The largest absolute Gasteiger partial charge is 0.339 e. The van der Waals surface area contributed by atoms with Gasteiger partial charge in [0, 0.05) is 39.0 Å². The molecule has 2 aromatic heterocycles. The number of nitrogens with zero attached hydrogens (tertiary/aromatic N) is 4. The minimum atomic E-state index is -0.0471. The summed E-state index contributed by atoms with van der Waals surface area (Å²) in [5, 5.41) is 2.65. The number of fused-ring (bicyclic) bond motifs is 2. The standard InChI is InChI=1S/C17H20N4O3S/c1-11-10-25-16-15(11)17(24)21-8-7-19(6-4-12(21)18-16)14(23)9-20-5-2-3-13(20)22/h10H,2-9H2,1H3. The topological polar surface area (TPSA) is 75.5 Å². The zero-order valence-corrected chi connectivity index (χ0v) is 15.0. The summed E-state index contributed by atoms with van der Waals surface area (Å²) in [5.74, 6) is 0.751. The molecule has 4 heterocycles. The molecule has 0 atom stereocenters. The lowest BCUT2D eigenvalue weighted by Crippen LogP contribution is -2.42. The van der Waals surface area contributed by atoms with E-state index in [9.17, 15) is 14.4 Å². The summed E-state index contributed by atoms with van der Waals surface area (Å²) in [5.41, 5.74) is 0.945. The Morgan fingerprint density at radius 1 is 1.20 bits per heavy atom. The van der Waals surface area contributed by atoms with Crippen LogP contribution in [0, 0.1) is 6.92 Å². The fourth-order valence-electron chi connectivity index (χ4n) is 3.58. The second-order valence-corrected chi connectivity index (χ2v) is 7.49. The molecular formula is C17H20N4O3S. The molecule has 132 valence electrons. The Balaban J connectivity index is 1.54. The van der Waals surface area contributed by atoms with Crippen molar-refractivity contribution in [1.82, 2.24) is 19.4 Å². The summed E-state index contributed by atoms with van der Waals surface area (Å²) >= 11 is 1.49. The maximum absolute atomic E-state index is 12.8. The van der Waals surface area contributed by atoms with Crippen LogP contribution in [0.5, 0.6) is 0 Å². The van der Waals surface area contributed by atoms with E-state index < -0.39 is 0 Å². The second kappa shape index (κ2) is 6.25. The molecule has 7 nitrogen and oxygen atoms in total. The average Bonchev–Trinajstić information content (AvgIpc) is 3.07. The van der Waals surface area contributed by atoms with E-state index in [1.165, 1.54) is 11.3 Å². The zero-order chi connectivity index (χ0) is 17.6. The second-order valence-electron chi connectivity index (χ2n) is 6.63. The van der Waals surface area contributed by atoms with Gasteiger partial charge in [0.05, 0.1) is 11.9 Å². The van der Waals surface area contributed by atoms with Crippen LogP contribution in [0.3, 0.4) is 0 Å². The number of aryl methyl sites for hydroxylation is 1. The quantitative estimate of drug-likeness (QED) is 0.793. The third-order valence-electron chi connectivity index (χ3n) is 5.01. The van der Waals surface area contributed by atoms with Gasteiger partial charge in [0.15, 0.2) is 0 Å². The number of aromatic nitrogens is 2. The smallest absolute Gasteiger partial charge is 0.262 e. The number of hydrogen-bond acceptors (Lipinski definition) is 5. The molecule has 8 heteroatoms. The van der Waals surface area contributed by atoms with Gasteiger partial charge in [-0.2, -0.15) is 0 Å². The molecule has 0 aliphatic carbocycles. The summed E-state index contributed by atoms with van der Waals surface area (Å²) in [4.78, 5) is 45.9. The average molecular weight is 360 g/mol. The predicted molar refractivity (Wildman–Crippen MR) is 94.7 cm³/mol. The van der Waals surface area contributed by atoms with Crippen molar-refractivity contribution in [2.45, 2.75) is 32.7 Å². The van der Waals surface area contributed by atoms with Crippen LogP contribution >= 0.6 is 11.3 Å². The first-order valence-corrected chi connectivity index (χ1v) is 9.45. The van der Waals surface area contributed by atoms with Crippen molar-refractivity contribution in [3.63, 3.8) is 0 Å². The molecule has 1 saturated heterocycles. The van der Waals surface area contributed by atoms with Crippen LogP contribution in [0.1, 0.15) is 24.2 Å². The molecule has 0 radical (unpaired) electrons. The van der Waals surface area contributed by atoms with Gasteiger partial charge in [0.25, 0.3) is 5.56 Å². The van der Waals surface area contributed by atoms with Gasteiger partial charge in [0.1, 0.15) is 10.7 Å². The molecule has 0 unspecified atom stereocenters. The van der Waals surface area contributed by atoms with E-state index in [4.69, 9.17) is 0 Å². The number of hydrogen-bond donors (Lipinski definition) is 0. The lowest BCUT2D eigenvalue weighted by molar-refractivity contribution is -0.138. The van der Waals surface area contributed by atoms with Crippen LogP contribution < -0.4 is 5.56 Å². The van der Waals surface area contributed by atoms with E-state index in [2.05, 4.69) is 4.98 Å². The summed E-state index contributed by atoms with van der Waals surface area (Å²) in [6.07, 6.45) is 1.92. The van der Waals surface area contributed by atoms with Crippen LogP contribution in [0.4, 0.5) is 0 Å². The van der Waals surface area contributed by atoms with Gasteiger partial charge in [0.2, 0.25) is 11.8 Å². The van der Waals surface area contributed by atoms with E-state index in [1.54, 1.807) is 14.4 Å². The van der Waals surface area contributed by atoms with Crippen molar-refractivity contribution in [2.24, 2.45) is 0 Å². The Morgan fingerprint density at radius 2 is 2.04 bits per heavy atom. The lowest BCUT2D eigenvalue weighted by Gasteiger charge is -2.23. The van der Waals surface area contributed by atoms with Crippen molar-refractivity contribution in [3.8, 4) is 0 Å². The van der Waals surface area contributed by atoms with Gasteiger partial charge in [-0.05, 0) is 24.3 Å². The van der Waals surface area contributed by atoms with Crippen LogP contribution in [-0.4, -0.2) is 57.3 Å². The van der Waals surface area contributed by atoms with Crippen LogP contribution in [-0.2, 0) is 22.6 Å². The fraction of sp³-hybridized carbons (Fsp3) is 0.529. The Labute approximate surface area is 148 Å². The van der Waals surface area contributed by atoms with Crippen molar-refractivity contribution in [3.05, 3.63) is 27.1 Å². The summed E-state index contributed by atoms with van der Waals surface area (Å²) in [6.45, 7) is 4.19. The van der Waals surface area contributed by atoms with E-state index in [0.717, 1.165) is 22.6 Å². The Bertz CT molecular complexity index is 916. The Kier molecular flexibility index (Phi) is 4.07. The minimum Gasteiger partial charge on any atom is -0.339 e. The van der Waals surface area contributed by atoms with Crippen molar-refractivity contribution < 1.29 is 9.59 Å². The molecule has 4 rings (SSSR count). The van der Waals surface area contributed by atoms with E-state index in [0.29, 0.717) is 44.4 Å². The predicted octanol–water partition coefficient (Wildman–Crippen LogP) is 0.774. The summed E-state index contributed by atoms with van der Waals surface area (Å²) < 4.78 is 1.70. The molecule has 1 fully saturated rings. The molecule has 2 aliphatic rings. The first kappa shape index (κ1) is 16.3. The fourth-order valence-corrected chi connectivity index (χ4v) is 4.51. The molecule has 0 aromatic carbocycles. The van der Waals surface area contributed by atoms with Crippen LogP contribution in [0.15, 0.2) is 10.2 Å². The summed E-state index contributed by atoms with van der Waals surface area (Å²) in [6, 6.07) is 0. The van der Waals surface area contributed by atoms with E-state index >= 15 is 0 Å². The molecule has 0 spiro atoms. The highest BCUT2D eigenvalue weighted by Gasteiger charge is 2.26. The van der Waals surface area contributed by atoms with E-state index in [1.807, 2.05) is 12.3 Å². The van der Waals surface area contributed by atoms with Crippen molar-refractivity contribution >= 4 is 33.4 Å². The van der Waals surface area contributed by atoms with Crippen molar-refractivity contribution in [2.75, 3.05) is 26.2 Å². The molecular weight excluding hydrogens is 340 g/mol. The maximum Gasteiger partial charge on any atom is 0.262 e. The van der Waals surface area contributed by atoms with Crippen LogP contribution in [0.25, 0.3) is 10.2 Å². The van der Waals surface area contributed by atoms with Crippen molar-refractivity contribution in [1.29, 1.82) is 0 Å². The van der Waals surface area contributed by atoms with Gasteiger partial charge in [-0.1, -0.05) is 0 Å². The number of rotatable bonds is 2. The highest BCUT2D eigenvalue weighted by molar-refractivity contribution is 7.16. The van der Waals surface area contributed by atoms with Gasteiger partial charge < -0.3 is 9.80 Å². The minimum absolute atomic E-state index is 0.0113. The molecule has 2 aliphatic heterocycles. The van der Waals surface area contributed by atoms with Gasteiger partial charge >= 0.3 is 0 Å². The first-order valence-electron chi connectivity index (χ1n) is 8.57. The molecule has 0 saturated carbocycles. The zero-order valence-electron chi connectivity index (χ0n) is 14.2. The maximum atomic E-state index is 12.8. The summed E-state index contributed by atoms with van der Waals surface area (Å²) in [7, 11) is 0. The number of carbonyl (C=O) groups is 2. The van der Waals surface area contributed by atoms with Gasteiger partial charge in [-0.25, -0.2) is 4.98 Å². The third kappa shape index (κ3) is 2.84. The first-order chi connectivity index (χ1) is 12.0. The number of likely N-dealkylation sites (tertiary alicyclic amines) is 1. The van der Waals surface area contributed by atoms with Gasteiger partial charge in [-0.3, -0.25) is 19.0 Å². The van der Waals surface area contributed by atoms with E-state index in [-0.39, 0.29) is 23.9 Å². The SMILES string of the molecule is Cc1csc2nc3n(c(=O)c12)CCN(C(=O)CN1CCCC1=O)CC3. The Morgan fingerprint density at radius 3 is 2.80 bits per heavy atom. The number of amides is 2. The molecule has 2 aromatic rings. The molecule has 25 heavy (non-hydrogen) atoms. The Hall–Kier alpha value is -2.22. The lowest BCUT2D eigenvalue weighted by atomic mass is 10.2. The third-order valence-corrected chi connectivity index (χ3v) is 6.00.